The van der Waals surface area contributed by atoms with Crippen LogP contribution in [-0.4, -0.2) is 24.3 Å². The van der Waals surface area contributed by atoms with E-state index in [4.69, 9.17) is 9.47 Å². The molecule has 0 saturated carbocycles. The van der Waals surface area contributed by atoms with E-state index in [0.717, 1.165) is 10.4 Å². The summed E-state index contributed by atoms with van der Waals surface area (Å²) in [5.41, 5.74) is 1.54. The molecule has 0 fully saturated rings. The van der Waals surface area contributed by atoms with Gasteiger partial charge in [0.2, 0.25) is 0 Å². The molecular formula is C22H20N2O4S2. The van der Waals surface area contributed by atoms with Crippen LogP contribution >= 0.6 is 22.7 Å². The number of carbonyl (C=O) groups excluding carboxylic acids is 1. The highest BCUT2D eigenvalue weighted by Crippen LogP contribution is 2.31. The number of carbonyl (C=O) groups is 1. The van der Waals surface area contributed by atoms with Crippen LogP contribution in [0.3, 0.4) is 0 Å². The lowest BCUT2D eigenvalue weighted by atomic mass is 9.96. The minimum absolute atomic E-state index is 0.178. The smallest absolute Gasteiger partial charge is 0.338 e. The first-order valence-electron chi connectivity index (χ1n) is 9.40. The monoisotopic (exact) mass is 440 g/mol. The molecule has 2 aromatic heterocycles. The number of aromatic nitrogens is 1. The molecule has 0 saturated heterocycles. The van der Waals surface area contributed by atoms with Crippen molar-refractivity contribution in [3.05, 3.63) is 83.2 Å². The summed E-state index contributed by atoms with van der Waals surface area (Å²) in [6.45, 7) is 3.78. The Hall–Kier alpha value is -2.97. The lowest BCUT2D eigenvalue weighted by Gasteiger charge is -2.24. The zero-order valence-corrected chi connectivity index (χ0v) is 18.4. The lowest BCUT2D eigenvalue weighted by molar-refractivity contribution is -0.139. The summed E-state index contributed by atoms with van der Waals surface area (Å²) in [7, 11) is 1.59. The van der Waals surface area contributed by atoms with Gasteiger partial charge in [-0.3, -0.25) is 9.36 Å². The molecule has 6 nitrogen and oxygen atoms in total. The Kier molecular flexibility index (Phi) is 5.69. The van der Waals surface area contributed by atoms with Gasteiger partial charge in [-0.25, -0.2) is 9.79 Å². The lowest BCUT2D eigenvalue weighted by Crippen LogP contribution is -2.39. The molecule has 154 valence electrons. The second-order valence-corrected chi connectivity index (χ2v) is 8.58. The third kappa shape index (κ3) is 3.64. The highest BCUT2D eigenvalue weighted by Gasteiger charge is 2.33. The number of hydrogen-bond acceptors (Lipinski definition) is 7. The van der Waals surface area contributed by atoms with Crippen molar-refractivity contribution in [3.8, 4) is 5.75 Å². The minimum atomic E-state index is -0.614. The number of hydrogen-bond donors (Lipinski definition) is 0. The Morgan fingerprint density at radius 1 is 1.27 bits per heavy atom. The van der Waals surface area contributed by atoms with Crippen LogP contribution in [0.2, 0.25) is 0 Å². The number of fused-ring (bicyclic) bond motifs is 1. The molecule has 0 spiro atoms. The largest absolute Gasteiger partial charge is 0.497 e. The van der Waals surface area contributed by atoms with Gasteiger partial charge in [-0.2, -0.15) is 0 Å². The molecule has 1 aromatic carbocycles. The summed E-state index contributed by atoms with van der Waals surface area (Å²) in [5, 5.41) is 1.96. The van der Waals surface area contributed by atoms with E-state index in [1.165, 1.54) is 11.3 Å². The van der Waals surface area contributed by atoms with Crippen molar-refractivity contribution in [2.45, 2.75) is 19.9 Å². The van der Waals surface area contributed by atoms with Gasteiger partial charge in [0.05, 0.1) is 35.6 Å². The van der Waals surface area contributed by atoms with E-state index in [0.29, 0.717) is 26.4 Å². The summed E-state index contributed by atoms with van der Waals surface area (Å²) < 4.78 is 12.7. The quantitative estimate of drug-likeness (QED) is 0.572. The van der Waals surface area contributed by atoms with Crippen LogP contribution in [0.5, 0.6) is 5.75 Å². The fraction of sp³-hybridized carbons (Fsp3) is 0.227. The first-order chi connectivity index (χ1) is 14.5. The van der Waals surface area contributed by atoms with E-state index in [1.54, 1.807) is 36.9 Å². The van der Waals surface area contributed by atoms with Gasteiger partial charge >= 0.3 is 5.97 Å². The van der Waals surface area contributed by atoms with E-state index >= 15 is 0 Å². The van der Waals surface area contributed by atoms with E-state index < -0.39 is 12.0 Å². The molecule has 8 heteroatoms. The summed E-state index contributed by atoms with van der Waals surface area (Å²) in [6, 6.07) is 10.6. The van der Waals surface area contributed by atoms with Crippen molar-refractivity contribution < 1.29 is 14.3 Å². The van der Waals surface area contributed by atoms with Crippen LogP contribution < -0.4 is 19.6 Å². The number of benzene rings is 1. The van der Waals surface area contributed by atoms with Gasteiger partial charge < -0.3 is 9.47 Å². The van der Waals surface area contributed by atoms with Crippen LogP contribution in [0.15, 0.2) is 62.8 Å². The molecule has 1 atom stereocenters. The summed E-state index contributed by atoms with van der Waals surface area (Å²) in [4.78, 5) is 32.3. The average Bonchev–Trinajstić information content (AvgIpc) is 3.36. The zero-order chi connectivity index (χ0) is 21.3. The molecular weight excluding hydrogens is 420 g/mol. The molecule has 0 N–H and O–H groups in total. The number of allylic oxidation sites excluding steroid dienone is 1. The van der Waals surface area contributed by atoms with Crippen molar-refractivity contribution in [2.75, 3.05) is 13.7 Å². The number of nitrogens with zero attached hydrogens (tertiary/aromatic N) is 2. The molecule has 3 heterocycles. The molecule has 4 rings (SSSR count). The third-order valence-electron chi connectivity index (χ3n) is 4.77. The normalized spacial score (nSPS) is 16.2. The van der Waals surface area contributed by atoms with Gasteiger partial charge in [0.1, 0.15) is 5.75 Å². The van der Waals surface area contributed by atoms with Crippen LogP contribution in [0.4, 0.5) is 0 Å². The molecule has 1 aliphatic heterocycles. The Morgan fingerprint density at radius 2 is 2.03 bits per heavy atom. The van der Waals surface area contributed by atoms with E-state index in [1.807, 2.05) is 47.9 Å². The molecule has 0 unspecified atom stereocenters. The molecule has 0 bridgehead atoms. The molecule has 30 heavy (non-hydrogen) atoms. The number of thiazole rings is 1. The maximum absolute atomic E-state index is 13.4. The van der Waals surface area contributed by atoms with E-state index in [2.05, 4.69) is 4.99 Å². The van der Waals surface area contributed by atoms with Crippen LogP contribution in [0.1, 0.15) is 30.3 Å². The Bertz CT molecular complexity index is 1280. The number of esters is 1. The second kappa shape index (κ2) is 8.41. The molecule has 3 aromatic rings. The fourth-order valence-electron chi connectivity index (χ4n) is 3.40. The summed E-state index contributed by atoms with van der Waals surface area (Å²) in [6.07, 6.45) is 1.86. The molecule has 0 amide bonds. The number of methoxy groups -OCH3 is 1. The van der Waals surface area contributed by atoms with Gasteiger partial charge in [-0.15, -0.1) is 11.3 Å². The maximum atomic E-state index is 13.4. The van der Waals surface area contributed by atoms with Gasteiger partial charge in [0.25, 0.3) is 5.56 Å². The fourth-order valence-corrected chi connectivity index (χ4v) is 5.17. The topological polar surface area (TPSA) is 69.9 Å². The Balaban J connectivity index is 1.95. The SMILES string of the molecule is CCOC(=O)C1=C(C)N=c2sc(=Cc3cccs3)c(=O)n2[C@@H]1c1ccc(OC)cc1. The van der Waals surface area contributed by atoms with E-state index in [9.17, 15) is 9.59 Å². The predicted molar refractivity (Wildman–Crippen MR) is 118 cm³/mol. The summed E-state index contributed by atoms with van der Waals surface area (Å²) in [5.74, 6) is 0.231. The highest BCUT2D eigenvalue weighted by atomic mass is 32.1. The second-order valence-electron chi connectivity index (χ2n) is 6.59. The summed E-state index contributed by atoms with van der Waals surface area (Å²) >= 11 is 2.88. The maximum Gasteiger partial charge on any atom is 0.338 e. The van der Waals surface area contributed by atoms with Crippen molar-refractivity contribution in [3.63, 3.8) is 0 Å². The highest BCUT2D eigenvalue weighted by molar-refractivity contribution is 7.11. The minimum Gasteiger partial charge on any atom is -0.497 e. The molecule has 0 aliphatic carbocycles. The van der Waals surface area contributed by atoms with Gasteiger partial charge in [-0.1, -0.05) is 29.5 Å². The van der Waals surface area contributed by atoms with E-state index in [-0.39, 0.29) is 12.2 Å². The van der Waals surface area contributed by atoms with Crippen molar-refractivity contribution in [1.82, 2.24) is 4.57 Å². The number of rotatable bonds is 5. The zero-order valence-electron chi connectivity index (χ0n) is 16.7. The van der Waals surface area contributed by atoms with Gasteiger partial charge in [0, 0.05) is 4.88 Å². The van der Waals surface area contributed by atoms with Crippen LogP contribution in [0, 0.1) is 0 Å². The van der Waals surface area contributed by atoms with Crippen LogP contribution in [0.25, 0.3) is 6.08 Å². The number of thiophene rings is 1. The number of ether oxygens (including phenoxy) is 2. The van der Waals surface area contributed by atoms with Crippen molar-refractivity contribution in [2.24, 2.45) is 4.99 Å². The molecule has 0 radical (unpaired) electrons. The van der Waals surface area contributed by atoms with Gasteiger partial charge in [0.15, 0.2) is 4.80 Å². The average molecular weight is 441 g/mol. The van der Waals surface area contributed by atoms with Crippen molar-refractivity contribution >= 4 is 34.7 Å². The Labute approximate surface area is 181 Å². The standard InChI is InChI=1S/C22H20N2O4S2/c1-4-28-21(26)18-13(2)23-22-24(19(18)14-7-9-15(27-3)10-8-14)20(25)17(30-22)12-16-6-5-11-29-16/h5-12,19H,4H2,1-3H3/t19-/m1/s1. The molecule has 1 aliphatic rings. The third-order valence-corrected chi connectivity index (χ3v) is 6.57. The first-order valence-corrected chi connectivity index (χ1v) is 11.1. The Morgan fingerprint density at radius 3 is 2.67 bits per heavy atom. The van der Waals surface area contributed by atoms with Crippen LogP contribution in [-0.2, 0) is 9.53 Å². The van der Waals surface area contributed by atoms with Crippen molar-refractivity contribution in [1.29, 1.82) is 0 Å². The van der Waals surface area contributed by atoms with Gasteiger partial charge in [-0.05, 0) is 49.1 Å². The first kappa shape index (κ1) is 20.3. The predicted octanol–water partition coefficient (Wildman–Crippen LogP) is 2.87.